The topological polar surface area (TPSA) is 59.4 Å². The van der Waals surface area contributed by atoms with Crippen LogP contribution >= 0.6 is 22.9 Å². The predicted molar refractivity (Wildman–Crippen MR) is 111 cm³/mol. The summed E-state index contributed by atoms with van der Waals surface area (Å²) in [6, 6.07) is 1.97. The minimum Gasteiger partial charge on any atom is -0.479 e. The van der Waals surface area contributed by atoms with E-state index in [-0.39, 0.29) is 5.92 Å². The zero-order valence-corrected chi connectivity index (χ0v) is 17.7. The Bertz CT molecular complexity index is 952. The maximum Gasteiger partial charge on any atom is 0.337 e. The van der Waals surface area contributed by atoms with Gasteiger partial charge in [0.15, 0.2) is 6.10 Å². The van der Waals surface area contributed by atoms with Crippen molar-refractivity contribution >= 4 is 39.1 Å². The third kappa shape index (κ3) is 4.26. The number of carboxylic acids is 1. The van der Waals surface area contributed by atoms with Gasteiger partial charge in [-0.1, -0.05) is 23.8 Å². The van der Waals surface area contributed by atoms with E-state index in [4.69, 9.17) is 16.3 Å². The second-order valence-electron chi connectivity index (χ2n) is 7.84. The normalized spacial score (nSPS) is 18.6. The number of nitrogens with zero attached hydrogens (tertiary/aromatic N) is 1. The molecule has 1 N–H and O–H groups in total. The molecule has 1 aromatic heterocycles. The van der Waals surface area contributed by atoms with Crippen molar-refractivity contribution in [2.45, 2.75) is 58.7 Å². The number of thiazole rings is 1. The Morgan fingerprint density at radius 3 is 2.67 bits per heavy atom. The number of ether oxygens (including phenoxy) is 1. The van der Waals surface area contributed by atoms with Crippen LogP contribution in [0.3, 0.4) is 0 Å². The predicted octanol–water partition coefficient (Wildman–Crippen LogP) is 6.02. The molecule has 0 spiro atoms. The van der Waals surface area contributed by atoms with Crippen LogP contribution in [-0.2, 0) is 9.53 Å². The zero-order chi connectivity index (χ0) is 19.9. The highest BCUT2D eigenvalue weighted by Gasteiger charge is 2.33. The Hall–Kier alpha value is -1.69. The number of benzene rings is 1. The fourth-order valence-electron chi connectivity index (χ4n) is 3.46. The van der Waals surface area contributed by atoms with Crippen molar-refractivity contribution in [3.05, 3.63) is 51.0 Å². The lowest BCUT2D eigenvalue weighted by Crippen LogP contribution is -2.29. The SMILES string of the molecule is Cc1nc2cc(C)c([C@H](OC(C)(C)C)C(=O)O)c(C3C=CC(Cl)=CC3)c2s1. The summed E-state index contributed by atoms with van der Waals surface area (Å²) in [6.07, 6.45) is 5.58. The smallest absolute Gasteiger partial charge is 0.337 e. The minimum atomic E-state index is -1.04. The molecule has 1 aliphatic rings. The Labute approximate surface area is 168 Å². The van der Waals surface area contributed by atoms with Gasteiger partial charge in [-0.25, -0.2) is 9.78 Å². The minimum absolute atomic E-state index is 0.0372. The number of hydrogen-bond acceptors (Lipinski definition) is 4. The third-order valence-corrected chi connectivity index (χ3v) is 5.76. The molecule has 0 amide bonds. The fraction of sp³-hybridized carbons (Fsp3) is 0.429. The van der Waals surface area contributed by atoms with Crippen LogP contribution in [0.1, 0.15) is 60.9 Å². The van der Waals surface area contributed by atoms with Crippen molar-refractivity contribution in [2.24, 2.45) is 0 Å². The lowest BCUT2D eigenvalue weighted by molar-refractivity contribution is -0.160. The third-order valence-electron chi connectivity index (χ3n) is 4.46. The van der Waals surface area contributed by atoms with E-state index in [1.807, 2.05) is 58.9 Å². The lowest BCUT2D eigenvalue weighted by Gasteiger charge is -2.29. The molecule has 1 unspecified atom stereocenters. The van der Waals surface area contributed by atoms with E-state index >= 15 is 0 Å². The average Bonchev–Trinajstić information content (AvgIpc) is 2.91. The van der Waals surface area contributed by atoms with Gasteiger partial charge in [-0.2, -0.15) is 0 Å². The van der Waals surface area contributed by atoms with Crippen molar-refractivity contribution < 1.29 is 14.6 Å². The molecule has 0 saturated carbocycles. The average molecular weight is 406 g/mol. The molecule has 0 bridgehead atoms. The first kappa shape index (κ1) is 20.1. The van der Waals surface area contributed by atoms with Crippen molar-refractivity contribution in [3.8, 4) is 0 Å². The quantitative estimate of drug-likeness (QED) is 0.675. The summed E-state index contributed by atoms with van der Waals surface area (Å²) < 4.78 is 7.02. The first-order chi connectivity index (χ1) is 12.6. The molecular weight excluding hydrogens is 382 g/mol. The molecule has 27 heavy (non-hydrogen) atoms. The highest BCUT2D eigenvalue weighted by Crippen LogP contribution is 2.43. The molecule has 1 heterocycles. The largest absolute Gasteiger partial charge is 0.479 e. The first-order valence-corrected chi connectivity index (χ1v) is 10.1. The summed E-state index contributed by atoms with van der Waals surface area (Å²) in [5.41, 5.74) is 2.92. The molecule has 3 rings (SSSR count). The van der Waals surface area contributed by atoms with E-state index in [9.17, 15) is 9.90 Å². The molecule has 0 saturated heterocycles. The van der Waals surface area contributed by atoms with Gasteiger partial charge in [0.25, 0.3) is 0 Å². The monoisotopic (exact) mass is 405 g/mol. The van der Waals surface area contributed by atoms with E-state index in [0.29, 0.717) is 5.03 Å². The summed E-state index contributed by atoms with van der Waals surface area (Å²) in [5.74, 6) is -0.946. The van der Waals surface area contributed by atoms with Crippen LogP contribution in [0, 0.1) is 13.8 Å². The zero-order valence-electron chi connectivity index (χ0n) is 16.2. The van der Waals surface area contributed by atoms with Crippen molar-refractivity contribution in [1.82, 2.24) is 4.98 Å². The Morgan fingerprint density at radius 1 is 1.41 bits per heavy atom. The summed E-state index contributed by atoms with van der Waals surface area (Å²) >= 11 is 7.70. The number of allylic oxidation sites excluding steroid dienone is 4. The summed E-state index contributed by atoms with van der Waals surface area (Å²) in [7, 11) is 0. The molecule has 6 heteroatoms. The van der Waals surface area contributed by atoms with Gasteiger partial charge in [0.2, 0.25) is 0 Å². The number of aromatic nitrogens is 1. The van der Waals surface area contributed by atoms with E-state index in [0.717, 1.165) is 38.3 Å². The molecule has 0 aliphatic heterocycles. The van der Waals surface area contributed by atoms with Crippen molar-refractivity contribution in [3.63, 3.8) is 0 Å². The lowest BCUT2D eigenvalue weighted by atomic mass is 9.84. The van der Waals surface area contributed by atoms with Gasteiger partial charge in [-0.3, -0.25) is 0 Å². The van der Waals surface area contributed by atoms with Crippen LogP contribution in [0.15, 0.2) is 29.3 Å². The summed E-state index contributed by atoms with van der Waals surface area (Å²) in [4.78, 5) is 16.8. The number of aliphatic carboxylic acids is 1. The number of hydrogen-bond donors (Lipinski definition) is 1. The van der Waals surface area contributed by atoms with Gasteiger partial charge in [0.1, 0.15) is 0 Å². The van der Waals surface area contributed by atoms with Gasteiger partial charge >= 0.3 is 5.97 Å². The molecule has 0 radical (unpaired) electrons. The second-order valence-corrected chi connectivity index (χ2v) is 9.48. The van der Waals surface area contributed by atoms with Gasteiger partial charge in [0.05, 0.1) is 20.8 Å². The van der Waals surface area contributed by atoms with Gasteiger partial charge < -0.3 is 9.84 Å². The number of carboxylic acid groups (broad SMARTS) is 1. The maximum absolute atomic E-state index is 12.2. The van der Waals surface area contributed by atoms with Crippen LogP contribution < -0.4 is 0 Å². The molecule has 2 aromatic rings. The Morgan fingerprint density at radius 2 is 2.11 bits per heavy atom. The maximum atomic E-state index is 12.2. The van der Waals surface area contributed by atoms with Gasteiger partial charge in [-0.15, -0.1) is 11.3 Å². The number of aryl methyl sites for hydroxylation is 2. The highest BCUT2D eigenvalue weighted by atomic mass is 35.5. The van der Waals surface area contributed by atoms with Crippen LogP contribution in [0.4, 0.5) is 0 Å². The van der Waals surface area contributed by atoms with Crippen LogP contribution in [0.5, 0.6) is 0 Å². The van der Waals surface area contributed by atoms with E-state index in [1.54, 1.807) is 11.3 Å². The number of carbonyl (C=O) groups is 1. The number of rotatable bonds is 4. The van der Waals surface area contributed by atoms with Crippen LogP contribution in [0.25, 0.3) is 10.2 Å². The summed E-state index contributed by atoms with van der Waals surface area (Å²) in [5, 5.41) is 11.6. The van der Waals surface area contributed by atoms with Crippen LogP contribution in [-0.4, -0.2) is 21.7 Å². The Kier molecular flexibility index (Phi) is 5.48. The van der Waals surface area contributed by atoms with Gasteiger partial charge in [-0.05, 0) is 64.3 Å². The number of fused-ring (bicyclic) bond motifs is 1. The molecule has 144 valence electrons. The Balaban J connectivity index is 2.27. The van der Waals surface area contributed by atoms with E-state index in [1.165, 1.54) is 0 Å². The molecule has 2 atom stereocenters. The van der Waals surface area contributed by atoms with Crippen LogP contribution in [0.2, 0.25) is 0 Å². The fourth-order valence-corrected chi connectivity index (χ4v) is 4.64. The summed E-state index contributed by atoms with van der Waals surface area (Å²) in [6.45, 7) is 9.52. The van der Waals surface area contributed by atoms with E-state index in [2.05, 4.69) is 4.98 Å². The second kappa shape index (κ2) is 7.38. The molecule has 1 aliphatic carbocycles. The molecular formula is C21H24ClNO3S. The van der Waals surface area contributed by atoms with Crippen molar-refractivity contribution in [1.29, 1.82) is 0 Å². The molecule has 4 nitrogen and oxygen atoms in total. The number of halogens is 1. The van der Waals surface area contributed by atoms with Gasteiger partial charge in [0, 0.05) is 16.5 Å². The van der Waals surface area contributed by atoms with Crippen molar-refractivity contribution in [2.75, 3.05) is 0 Å². The highest BCUT2D eigenvalue weighted by molar-refractivity contribution is 7.18. The standard InChI is InChI=1S/C21H24ClNO3S/c1-11-10-15-19(27-12(2)23-15)17(13-6-8-14(22)9-7-13)16(11)18(20(24)25)26-21(3,4)5/h6,8-10,13,18H,7H2,1-5H3,(H,24,25)/t13?,18-/m0/s1. The van der Waals surface area contributed by atoms with E-state index < -0.39 is 17.7 Å². The molecule has 1 aromatic carbocycles. The first-order valence-electron chi connectivity index (χ1n) is 8.92. The molecule has 0 fully saturated rings.